The predicted octanol–water partition coefficient (Wildman–Crippen LogP) is 0.781. The lowest BCUT2D eigenvalue weighted by Crippen LogP contribution is -2.34. The maximum absolute atomic E-state index is 9.02. The van der Waals surface area contributed by atoms with Crippen molar-refractivity contribution in [3.8, 4) is 0 Å². The van der Waals surface area contributed by atoms with Crippen LogP contribution >= 0.6 is 0 Å². The largest absolute Gasteiger partial charge is 0.395 e. The standard InChI is InChI=1S/C11H18N2O2/c1-9(2)13(5-6-14)11-7-10(8-15)3-4-12-11/h3-4,7,9,14-15H,5-6,8H2,1-2H3. The second-order valence-corrected chi connectivity index (χ2v) is 3.69. The molecule has 15 heavy (non-hydrogen) atoms. The summed E-state index contributed by atoms with van der Waals surface area (Å²) in [7, 11) is 0. The van der Waals surface area contributed by atoms with Crippen molar-refractivity contribution in [2.75, 3.05) is 18.1 Å². The van der Waals surface area contributed by atoms with Crippen LogP contribution in [0.5, 0.6) is 0 Å². The fourth-order valence-electron chi connectivity index (χ4n) is 1.46. The number of hydrogen-bond acceptors (Lipinski definition) is 4. The summed E-state index contributed by atoms with van der Waals surface area (Å²) in [6.45, 7) is 4.76. The molecule has 4 nitrogen and oxygen atoms in total. The topological polar surface area (TPSA) is 56.6 Å². The molecule has 0 radical (unpaired) electrons. The average molecular weight is 210 g/mol. The molecule has 0 unspecified atom stereocenters. The van der Waals surface area contributed by atoms with Crippen LogP contribution < -0.4 is 4.90 Å². The first-order chi connectivity index (χ1) is 7.19. The van der Waals surface area contributed by atoms with Gasteiger partial charge in [-0.25, -0.2) is 4.98 Å². The summed E-state index contributed by atoms with van der Waals surface area (Å²) < 4.78 is 0. The molecule has 1 aromatic rings. The molecule has 0 saturated carbocycles. The second-order valence-electron chi connectivity index (χ2n) is 3.69. The van der Waals surface area contributed by atoms with Crippen molar-refractivity contribution in [1.29, 1.82) is 0 Å². The molecule has 0 amide bonds. The Morgan fingerprint density at radius 2 is 2.13 bits per heavy atom. The number of aliphatic hydroxyl groups is 2. The lowest BCUT2D eigenvalue weighted by molar-refractivity contribution is 0.281. The molecule has 0 aliphatic rings. The molecule has 1 rings (SSSR count). The summed E-state index contributed by atoms with van der Waals surface area (Å²) in [5.74, 6) is 0.797. The van der Waals surface area contributed by atoms with Gasteiger partial charge in [0.1, 0.15) is 5.82 Å². The summed E-state index contributed by atoms with van der Waals surface area (Å²) in [4.78, 5) is 6.23. The van der Waals surface area contributed by atoms with E-state index in [2.05, 4.69) is 4.98 Å². The van der Waals surface area contributed by atoms with E-state index < -0.39 is 0 Å². The molecular formula is C11H18N2O2. The molecule has 0 saturated heterocycles. The van der Waals surface area contributed by atoms with E-state index in [0.29, 0.717) is 6.54 Å². The van der Waals surface area contributed by atoms with Crippen molar-refractivity contribution in [3.63, 3.8) is 0 Å². The number of nitrogens with zero attached hydrogens (tertiary/aromatic N) is 2. The van der Waals surface area contributed by atoms with Gasteiger partial charge >= 0.3 is 0 Å². The maximum Gasteiger partial charge on any atom is 0.129 e. The minimum Gasteiger partial charge on any atom is -0.395 e. The van der Waals surface area contributed by atoms with E-state index in [4.69, 9.17) is 10.2 Å². The summed E-state index contributed by atoms with van der Waals surface area (Å²) >= 11 is 0. The second kappa shape index (κ2) is 5.68. The van der Waals surface area contributed by atoms with E-state index in [1.165, 1.54) is 0 Å². The van der Waals surface area contributed by atoms with Gasteiger partial charge in [-0.15, -0.1) is 0 Å². The predicted molar refractivity (Wildman–Crippen MR) is 59.7 cm³/mol. The highest BCUT2D eigenvalue weighted by molar-refractivity contribution is 5.41. The van der Waals surface area contributed by atoms with Crippen LogP contribution in [0.1, 0.15) is 19.4 Å². The van der Waals surface area contributed by atoms with E-state index in [9.17, 15) is 0 Å². The summed E-state index contributed by atoms with van der Waals surface area (Å²) in [5, 5.41) is 18.0. The first-order valence-corrected chi connectivity index (χ1v) is 5.12. The molecule has 0 aliphatic carbocycles. The Morgan fingerprint density at radius 1 is 1.40 bits per heavy atom. The number of anilines is 1. The zero-order valence-electron chi connectivity index (χ0n) is 9.22. The van der Waals surface area contributed by atoms with Crippen LogP contribution in [0.4, 0.5) is 5.82 Å². The Bertz CT molecular complexity index is 302. The van der Waals surface area contributed by atoms with Gasteiger partial charge in [0.15, 0.2) is 0 Å². The Hall–Kier alpha value is -1.13. The van der Waals surface area contributed by atoms with Gasteiger partial charge in [0, 0.05) is 18.8 Å². The Labute approximate surface area is 90.2 Å². The Balaban J connectivity index is 2.89. The molecule has 0 aliphatic heterocycles. The van der Waals surface area contributed by atoms with Crippen LogP contribution in [0.25, 0.3) is 0 Å². The van der Waals surface area contributed by atoms with Crippen molar-refractivity contribution < 1.29 is 10.2 Å². The van der Waals surface area contributed by atoms with Gasteiger partial charge in [-0.05, 0) is 31.5 Å². The van der Waals surface area contributed by atoms with Crippen LogP contribution in [-0.4, -0.2) is 34.4 Å². The smallest absolute Gasteiger partial charge is 0.129 e. The van der Waals surface area contributed by atoms with Gasteiger partial charge in [0.05, 0.1) is 13.2 Å². The number of aromatic nitrogens is 1. The molecule has 84 valence electrons. The number of aliphatic hydroxyl groups excluding tert-OH is 2. The van der Waals surface area contributed by atoms with Gasteiger partial charge in [-0.2, -0.15) is 0 Å². The molecule has 0 aromatic carbocycles. The third-order valence-electron chi connectivity index (χ3n) is 2.25. The monoisotopic (exact) mass is 210 g/mol. The maximum atomic E-state index is 9.02. The minimum absolute atomic E-state index is 0.0145. The van der Waals surface area contributed by atoms with E-state index in [1.54, 1.807) is 12.3 Å². The normalized spacial score (nSPS) is 10.7. The van der Waals surface area contributed by atoms with Gasteiger partial charge in [0.2, 0.25) is 0 Å². The first kappa shape index (κ1) is 11.9. The molecule has 1 aromatic heterocycles. The summed E-state index contributed by atoms with van der Waals surface area (Å²) in [6, 6.07) is 3.90. The molecule has 4 heteroatoms. The summed E-state index contributed by atoms with van der Waals surface area (Å²) in [6.07, 6.45) is 1.67. The number of pyridine rings is 1. The highest BCUT2D eigenvalue weighted by atomic mass is 16.3. The lowest BCUT2D eigenvalue weighted by atomic mass is 10.2. The van der Waals surface area contributed by atoms with Crippen molar-refractivity contribution in [1.82, 2.24) is 4.98 Å². The van der Waals surface area contributed by atoms with Crippen molar-refractivity contribution in [3.05, 3.63) is 23.9 Å². The molecule has 0 spiro atoms. The zero-order valence-corrected chi connectivity index (χ0v) is 9.22. The molecule has 0 bridgehead atoms. The third-order valence-corrected chi connectivity index (χ3v) is 2.25. The van der Waals surface area contributed by atoms with E-state index in [0.717, 1.165) is 11.4 Å². The van der Waals surface area contributed by atoms with Crippen LogP contribution in [0.15, 0.2) is 18.3 Å². The SMILES string of the molecule is CC(C)N(CCO)c1cc(CO)ccn1. The zero-order chi connectivity index (χ0) is 11.3. The lowest BCUT2D eigenvalue weighted by Gasteiger charge is -2.27. The molecule has 1 heterocycles. The average Bonchev–Trinajstić information content (AvgIpc) is 2.25. The fourth-order valence-corrected chi connectivity index (χ4v) is 1.46. The molecule has 0 fully saturated rings. The van der Waals surface area contributed by atoms with Crippen LogP contribution in [0, 0.1) is 0 Å². The van der Waals surface area contributed by atoms with Gasteiger partial charge in [-0.1, -0.05) is 0 Å². The van der Waals surface area contributed by atoms with Gasteiger partial charge in [-0.3, -0.25) is 0 Å². The number of hydrogen-bond donors (Lipinski definition) is 2. The van der Waals surface area contributed by atoms with Crippen LogP contribution in [0.3, 0.4) is 0 Å². The van der Waals surface area contributed by atoms with Crippen LogP contribution in [-0.2, 0) is 6.61 Å². The third kappa shape index (κ3) is 3.18. The number of rotatable bonds is 5. The van der Waals surface area contributed by atoms with E-state index in [-0.39, 0.29) is 19.3 Å². The molecule has 2 N–H and O–H groups in total. The van der Waals surface area contributed by atoms with Crippen molar-refractivity contribution >= 4 is 5.82 Å². The fraction of sp³-hybridized carbons (Fsp3) is 0.545. The van der Waals surface area contributed by atoms with E-state index in [1.807, 2.05) is 24.8 Å². The molecular weight excluding hydrogens is 192 g/mol. The van der Waals surface area contributed by atoms with E-state index >= 15 is 0 Å². The quantitative estimate of drug-likeness (QED) is 0.754. The van der Waals surface area contributed by atoms with Gasteiger partial charge < -0.3 is 15.1 Å². The van der Waals surface area contributed by atoms with Crippen molar-refractivity contribution in [2.24, 2.45) is 0 Å². The Kier molecular flexibility index (Phi) is 4.52. The summed E-state index contributed by atoms with van der Waals surface area (Å²) in [5.41, 5.74) is 0.837. The van der Waals surface area contributed by atoms with Crippen LogP contribution in [0.2, 0.25) is 0 Å². The highest BCUT2D eigenvalue weighted by Crippen LogP contribution is 2.15. The highest BCUT2D eigenvalue weighted by Gasteiger charge is 2.11. The first-order valence-electron chi connectivity index (χ1n) is 5.12. The van der Waals surface area contributed by atoms with Crippen molar-refractivity contribution in [2.45, 2.75) is 26.5 Å². The molecule has 0 atom stereocenters. The Morgan fingerprint density at radius 3 is 2.67 bits per heavy atom. The van der Waals surface area contributed by atoms with Gasteiger partial charge in [0.25, 0.3) is 0 Å². The minimum atomic E-state index is 0.0145.